The summed E-state index contributed by atoms with van der Waals surface area (Å²) in [6, 6.07) is 1.94. The molecule has 0 saturated heterocycles. The van der Waals surface area contributed by atoms with Crippen molar-refractivity contribution in [3.63, 3.8) is 0 Å². The molecule has 2 aromatic rings. The number of aryl methyl sites for hydroxylation is 2. The zero-order valence-electron chi connectivity index (χ0n) is 11.2. The number of aromatic nitrogens is 2. The quantitative estimate of drug-likeness (QED) is 0.799. The van der Waals surface area contributed by atoms with Crippen molar-refractivity contribution in [3.05, 3.63) is 38.3 Å². The molecule has 0 aromatic carbocycles. The number of thiophene rings is 1. The molecule has 3 heterocycles. The van der Waals surface area contributed by atoms with E-state index in [1.165, 1.54) is 10.4 Å². The Labute approximate surface area is 126 Å². The number of hydrogen-bond acceptors (Lipinski definition) is 4. The minimum atomic E-state index is -0.233. The maximum atomic E-state index is 11.8. The molecule has 106 valence electrons. The number of halogens is 1. The normalized spacial score (nSPS) is 14.1. The molecule has 1 aliphatic rings. The molecular formula is C14H15ClN2O2S. The van der Waals surface area contributed by atoms with Crippen LogP contribution in [0, 0.1) is 0 Å². The minimum Gasteiger partial charge on any atom is -0.462 e. The van der Waals surface area contributed by atoms with E-state index in [0.717, 1.165) is 31.5 Å². The number of rotatable bonds is 2. The van der Waals surface area contributed by atoms with Gasteiger partial charge in [0.1, 0.15) is 4.88 Å². The topological polar surface area (TPSA) is 44.1 Å². The molecule has 2 aromatic heterocycles. The van der Waals surface area contributed by atoms with Crippen molar-refractivity contribution >= 4 is 28.9 Å². The van der Waals surface area contributed by atoms with Gasteiger partial charge in [0.15, 0.2) is 0 Å². The number of fused-ring (bicyclic) bond motifs is 2. The lowest BCUT2D eigenvalue weighted by Crippen LogP contribution is -2.10. The largest absolute Gasteiger partial charge is 0.462 e. The molecular weight excluding hydrogens is 296 g/mol. The number of carbonyl (C=O) groups is 1. The summed E-state index contributed by atoms with van der Waals surface area (Å²) < 4.78 is 7.04. The van der Waals surface area contributed by atoms with Gasteiger partial charge in [-0.25, -0.2) is 4.79 Å². The highest BCUT2D eigenvalue weighted by Crippen LogP contribution is 2.30. The minimum absolute atomic E-state index is 0.233. The predicted molar refractivity (Wildman–Crippen MR) is 78.6 cm³/mol. The average molecular weight is 311 g/mol. The van der Waals surface area contributed by atoms with E-state index in [9.17, 15) is 4.79 Å². The molecule has 0 radical (unpaired) electrons. The van der Waals surface area contributed by atoms with Crippen LogP contribution in [0.15, 0.2) is 12.3 Å². The third kappa shape index (κ3) is 2.47. The van der Waals surface area contributed by atoms with E-state index in [-0.39, 0.29) is 5.97 Å². The monoisotopic (exact) mass is 310 g/mol. The van der Waals surface area contributed by atoms with E-state index in [0.29, 0.717) is 16.5 Å². The van der Waals surface area contributed by atoms with Crippen molar-refractivity contribution in [3.8, 4) is 0 Å². The summed E-state index contributed by atoms with van der Waals surface area (Å²) in [4.78, 5) is 13.8. The number of nitrogens with zero attached hydrogens (tertiary/aromatic N) is 2. The zero-order valence-corrected chi connectivity index (χ0v) is 12.8. The maximum Gasteiger partial charge on any atom is 0.348 e. The molecule has 0 fully saturated rings. The molecule has 0 atom stereocenters. The van der Waals surface area contributed by atoms with Crippen LogP contribution < -0.4 is 0 Å². The van der Waals surface area contributed by atoms with Crippen molar-refractivity contribution in [1.29, 1.82) is 0 Å². The number of ether oxygens (including phenoxy) is 1. The summed E-state index contributed by atoms with van der Waals surface area (Å²) >= 11 is 7.74. The molecule has 20 heavy (non-hydrogen) atoms. The Morgan fingerprint density at radius 2 is 2.45 bits per heavy atom. The van der Waals surface area contributed by atoms with Gasteiger partial charge in [0.25, 0.3) is 0 Å². The Bertz CT molecular complexity index is 648. The molecule has 1 aliphatic heterocycles. The molecule has 0 aliphatic carbocycles. The van der Waals surface area contributed by atoms with Gasteiger partial charge >= 0.3 is 5.97 Å². The van der Waals surface area contributed by atoms with Gasteiger partial charge < -0.3 is 4.74 Å². The average Bonchev–Trinajstić information content (AvgIpc) is 2.94. The molecule has 3 rings (SSSR count). The second kappa shape index (κ2) is 5.58. The van der Waals surface area contributed by atoms with Crippen LogP contribution in [0.1, 0.15) is 39.2 Å². The third-order valence-electron chi connectivity index (χ3n) is 3.40. The summed E-state index contributed by atoms with van der Waals surface area (Å²) in [5, 5.41) is 4.99. The van der Waals surface area contributed by atoms with Gasteiger partial charge in [0.05, 0.1) is 23.5 Å². The van der Waals surface area contributed by atoms with Gasteiger partial charge in [-0.3, -0.25) is 4.68 Å². The summed E-state index contributed by atoms with van der Waals surface area (Å²) in [6.07, 6.45) is 4.39. The van der Waals surface area contributed by atoms with Crippen LogP contribution in [0.4, 0.5) is 0 Å². The lowest BCUT2D eigenvalue weighted by molar-refractivity contribution is 0.0532. The molecule has 0 saturated carbocycles. The lowest BCUT2D eigenvalue weighted by Gasteiger charge is -2.12. The van der Waals surface area contributed by atoms with Crippen molar-refractivity contribution in [1.82, 2.24) is 9.78 Å². The fourth-order valence-electron chi connectivity index (χ4n) is 2.46. The molecule has 0 spiro atoms. The fourth-order valence-corrected chi connectivity index (χ4v) is 3.78. The molecule has 0 bridgehead atoms. The first-order chi connectivity index (χ1) is 9.69. The second-order valence-electron chi connectivity index (χ2n) is 4.72. The highest BCUT2D eigenvalue weighted by molar-refractivity contribution is 7.14. The number of esters is 1. The van der Waals surface area contributed by atoms with Gasteiger partial charge in [-0.15, -0.1) is 11.3 Å². The molecule has 0 N–H and O–H groups in total. The Morgan fingerprint density at radius 1 is 1.60 bits per heavy atom. The number of hydrogen-bond donors (Lipinski definition) is 0. The van der Waals surface area contributed by atoms with Gasteiger partial charge in [-0.05, 0) is 31.4 Å². The Hall–Kier alpha value is -1.33. The summed E-state index contributed by atoms with van der Waals surface area (Å²) in [6.45, 7) is 3.09. The first kappa shape index (κ1) is 13.6. The predicted octanol–water partition coefficient (Wildman–Crippen LogP) is 3.31. The fraction of sp³-hybridized carbons (Fsp3) is 0.429. The van der Waals surface area contributed by atoms with Crippen LogP contribution in [0.5, 0.6) is 0 Å². The maximum absolute atomic E-state index is 11.8. The molecule has 0 unspecified atom stereocenters. The Morgan fingerprint density at radius 3 is 3.25 bits per heavy atom. The van der Waals surface area contributed by atoms with E-state index >= 15 is 0 Å². The van der Waals surface area contributed by atoms with E-state index < -0.39 is 0 Å². The van der Waals surface area contributed by atoms with E-state index in [1.807, 2.05) is 17.7 Å². The Kier molecular flexibility index (Phi) is 3.81. The summed E-state index contributed by atoms with van der Waals surface area (Å²) in [5.41, 5.74) is 2.20. The van der Waals surface area contributed by atoms with Crippen LogP contribution in [0.25, 0.3) is 0 Å². The molecule has 4 nitrogen and oxygen atoms in total. The van der Waals surface area contributed by atoms with Crippen molar-refractivity contribution in [2.75, 3.05) is 6.61 Å². The van der Waals surface area contributed by atoms with Gasteiger partial charge in [-0.2, -0.15) is 5.10 Å². The van der Waals surface area contributed by atoms with E-state index in [2.05, 4.69) is 5.10 Å². The molecule has 0 amide bonds. The zero-order chi connectivity index (χ0) is 14.1. The Balaban J connectivity index is 1.95. The van der Waals surface area contributed by atoms with E-state index in [4.69, 9.17) is 16.3 Å². The van der Waals surface area contributed by atoms with Gasteiger partial charge in [0, 0.05) is 17.8 Å². The van der Waals surface area contributed by atoms with Crippen molar-refractivity contribution in [2.45, 2.75) is 32.7 Å². The van der Waals surface area contributed by atoms with Crippen LogP contribution in [0.3, 0.4) is 0 Å². The van der Waals surface area contributed by atoms with Crippen molar-refractivity contribution in [2.24, 2.45) is 0 Å². The standard InChI is InChI=1S/C14H15ClN2O2S/c1-2-19-14(18)13-7-9-6-11-10(15)8-16-17(11)5-3-4-12(9)20-13/h7-8H,2-6H2,1H3. The lowest BCUT2D eigenvalue weighted by atomic mass is 10.1. The van der Waals surface area contributed by atoms with Crippen LogP contribution >= 0.6 is 22.9 Å². The van der Waals surface area contributed by atoms with Crippen LogP contribution in [0.2, 0.25) is 5.02 Å². The summed E-state index contributed by atoms with van der Waals surface area (Å²) in [7, 11) is 0. The highest BCUT2D eigenvalue weighted by atomic mass is 35.5. The highest BCUT2D eigenvalue weighted by Gasteiger charge is 2.20. The first-order valence-corrected chi connectivity index (χ1v) is 7.87. The van der Waals surface area contributed by atoms with E-state index in [1.54, 1.807) is 17.5 Å². The molecule has 6 heteroatoms. The van der Waals surface area contributed by atoms with Gasteiger partial charge in [0.2, 0.25) is 0 Å². The third-order valence-corrected chi connectivity index (χ3v) is 4.94. The SMILES string of the molecule is CCOC(=O)c1cc2c(s1)CCCn1ncc(Cl)c1C2. The summed E-state index contributed by atoms with van der Waals surface area (Å²) in [5.74, 6) is -0.233. The van der Waals surface area contributed by atoms with Crippen LogP contribution in [-0.4, -0.2) is 22.4 Å². The van der Waals surface area contributed by atoms with Crippen LogP contribution in [-0.2, 0) is 24.1 Å². The number of carbonyl (C=O) groups excluding carboxylic acids is 1. The smallest absolute Gasteiger partial charge is 0.348 e. The first-order valence-electron chi connectivity index (χ1n) is 6.68. The van der Waals surface area contributed by atoms with Gasteiger partial charge in [-0.1, -0.05) is 11.6 Å². The van der Waals surface area contributed by atoms with Crippen molar-refractivity contribution < 1.29 is 9.53 Å². The second-order valence-corrected chi connectivity index (χ2v) is 6.27.